The summed E-state index contributed by atoms with van der Waals surface area (Å²) >= 11 is 0. The highest BCUT2D eigenvalue weighted by Crippen LogP contribution is 2.15. The van der Waals surface area contributed by atoms with Crippen molar-refractivity contribution in [3.63, 3.8) is 0 Å². The summed E-state index contributed by atoms with van der Waals surface area (Å²) in [4.78, 5) is 2.58. The Labute approximate surface area is 123 Å². The van der Waals surface area contributed by atoms with E-state index in [9.17, 15) is 0 Å². The molecule has 1 aliphatic heterocycles. The van der Waals surface area contributed by atoms with Gasteiger partial charge in [0.15, 0.2) is 0 Å². The van der Waals surface area contributed by atoms with Crippen molar-refractivity contribution < 1.29 is 14.2 Å². The third-order valence-corrected chi connectivity index (χ3v) is 3.71. The Balaban J connectivity index is 1.99. The molecule has 1 fully saturated rings. The molecule has 5 heteroatoms. The van der Waals surface area contributed by atoms with Gasteiger partial charge in [-0.1, -0.05) is 0 Å². The first-order chi connectivity index (χ1) is 9.86. The smallest absolute Gasteiger partial charge is 0.0700 e. The van der Waals surface area contributed by atoms with Gasteiger partial charge in [0.1, 0.15) is 0 Å². The zero-order valence-corrected chi connectivity index (χ0v) is 13.2. The predicted molar refractivity (Wildman–Crippen MR) is 81.2 cm³/mol. The molecule has 0 aromatic heterocycles. The normalized spacial score (nSPS) is 20.4. The van der Waals surface area contributed by atoms with Crippen molar-refractivity contribution in [2.24, 2.45) is 5.92 Å². The molecule has 5 nitrogen and oxygen atoms in total. The van der Waals surface area contributed by atoms with Gasteiger partial charge in [-0.3, -0.25) is 0 Å². The number of likely N-dealkylation sites (tertiary alicyclic amines) is 1. The summed E-state index contributed by atoms with van der Waals surface area (Å²) in [6.45, 7) is 8.74. The molecule has 1 N–H and O–H groups in total. The molecule has 0 radical (unpaired) electrons. The molecular formula is C15H32N2O3. The molecule has 0 bridgehead atoms. The van der Waals surface area contributed by atoms with Gasteiger partial charge >= 0.3 is 0 Å². The van der Waals surface area contributed by atoms with Crippen molar-refractivity contribution in [2.45, 2.75) is 19.3 Å². The zero-order chi connectivity index (χ0) is 14.5. The summed E-state index contributed by atoms with van der Waals surface area (Å²) in [5.41, 5.74) is 0. The van der Waals surface area contributed by atoms with Gasteiger partial charge in [-0.2, -0.15) is 0 Å². The van der Waals surface area contributed by atoms with Gasteiger partial charge < -0.3 is 24.4 Å². The van der Waals surface area contributed by atoms with E-state index in [2.05, 4.69) is 10.2 Å². The van der Waals surface area contributed by atoms with Crippen LogP contribution in [0.15, 0.2) is 0 Å². The molecular weight excluding hydrogens is 256 g/mol. The van der Waals surface area contributed by atoms with Crippen molar-refractivity contribution in [3.8, 4) is 0 Å². The van der Waals surface area contributed by atoms with Gasteiger partial charge in [0.25, 0.3) is 0 Å². The van der Waals surface area contributed by atoms with Crippen LogP contribution in [0, 0.1) is 5.92 Å². The highest BCUT2D eigenvalue weighted by atomic mass is 16.5. The first-order valence-corrected chi connectivity index (χ1v) is 7.85. The van der Waals surface area contributed by atoms with Crippen molar-refractivity contribution in [3.05, 3.63) is 0 Å². The lowest BCUT2D eigenvalue weighted by molar-refractivity contribution is 0.0623. The fourth-order valence-corrected chi connectivity index (χ4v) is 2.64. The number of hydrogen-bond donors (Lipinski definition) is 1. The van der Waals surface area contributed by atoms with E-state index in [1.165, 1.54) is 25.9 Å². The van der Waals surface area contributed by atoms with E-state index in [1.54, 1.807) is 14.2 Å². The van der Waals surface area contributed by atoms with Gasteiger partial charge in [0, 0.05) is 40.5 Å². The third-order valence-electron chi connectivity index (χ3n) is 3.71. The fourth-order valence-electron chi connectivity index (χ4n) is 2.64. The second kappa shape index (κ2) is 12.5. The Hall–Kier alpha value is -0.200. The molecule has 0 aromatic rings. The minimum Gasteiger partial charge on any atom is -0.383 e. The zero-order valence-electron chi connectivity index (χ0n) is 13.2. The predicted octanol–water partition coefficient (Wildman–Crippen LogP) is 0.988. The Morgan fingerprint density at radius 2 is 1.95 bits per heavy atom. The molecule has 0 aliphatic carbocycles. The molecule has 1 rings (SSSR count). The first-order valence-electron chi connectivity index (χ1n) is 7.85. The van der Waals surface area contributed by atoms with Crippen LogP contribution in [0.25, 0.3) is 0 Å². The van der Waals surface area contributed by atoms with E-state index in [-0.39, 0.29) is 0 Å². The lowest BCUT2D eigenvalue weighted by Gasteiger charge is -2.32. The van der Waals surface area contributed by atoms with Gasteiger partial charge in [-0.25, -0.2) is 0 Å². The van der Waals surface area contributed by atoms with Crippen molar-refractivity contribution in [1.82, 2.24) is 10.2 Å². The van der Waals surface area contributed by atoms with E-state index in [0.29, 0.717) is 13.2 Å². The first kappa shape index (κ1) is 17.9. The van der Waals surface area contributed by atoms with E-state index in [4.69, 9.17) is 14.2 Å². The van der Waals surface area contributed by atoms with E-state index in [0.717, 1.165) is 45.2 Å². The van der Waals surface area contributed by atoms with Crippen LogP contribution in [0.5, 0.6) is 0 Å². The molecule has 0 spiro atoms. The van der Waals surface area contributed by atoms with Crippen LogP contribution in [-0.2, 0) is 14.2 Å². The maximum atomic E-state index is 5.51. The number of nitrogens with one attached hydrogen (secondary N) is 1. The Morgan fingerprint density at radius 3 is 2.75 bits per heavy atom. The summed E-state index contributed by atoms with van der Waals surface area (Å²) in [7, 11) is 3.45. The summed E-state index contributed by atoms with van der Waals surface area (Å²) in [6, 6.07) is 0. The molecule has 0 amide bonds. The minimum absolute atomic E-state index is 0.693. The van der Waals surface area contributed by atoms with Gasteiger partial charge in [0.2, 0.25) is 0 Å². The van der Waals surface area contributed by atoms with Gasteiger partial charge in [-0.05, 0) is 38.3 Å². The standard InChI is InChI=1S/C15H32N2O3/c1-18-10-6-16-13-15-5-3-7-17(14-15)8-4-9-20-12-11-19-2/h15-16H,3-14H2,1-2H3. The van der Waals surface area contributed by atoms with Crippen molar-refractivity contribution in [2.75, 3.05) is 73.4 Å². The van der Waals surface area contributed by atoms with Crippen molar-refractivity contribution in [1.29, 1.82) is 0 Å². The average Bonchev–Trinajstić information content (AvgIpc) is 2.48. The number of ether oxygens (including phenoxy) is 3. The second-order valence-corrected chi connectivity index (χ2v) is 5.46. The highest BCUT2D eigenvalue weighted by Gasteiger charge is 2.18. The maximum Gasteiger partial charge on any atom is 0.0700 e. The molecule has 1 unspecified atom stereocenters. The Morgan fingerprint density at radius 1 is 1.10 bits per heavy atom. The SMILES string of the molecule is COCCNCC1CCCN(CCCOCCOC)C1. The van der Waals surface area contributed by atoms with Crippen LogP contribution in [0.1, 0.15) is 19.3 Å². The van der Waals surface area contributed by atoms with Crippen LogP contribution in [-0.4, -0.2) is 78.3 Å². The van der Waals surface area contributed by atoms with Crippen LogP contribution in [0.2, 0.25) is 0 Å². The maximum absolute atomic E-state index is 5.51. The molecule has 20 heavy (non-hydrogen) atoms. The van der Waals surface area contributed by atoms with Crippen LogP contribution in [0.3, 0.4) is 0 Å². The quantitative estimate of drug-likeness (QED) is 0.543. The molecule has 0 aromatic carbocycles. The van der Waals surface area contributed by atoms with Crippen LogP contribution in [0.4, 0.5) is 0 Å². The van der Waals surface area contributed by atoms with E-state index in [1.807, 2.05) is 0 Å². The summed E-state index contributed by atoms with van der Waals surface area (Å²) in [5.74, 6) is 0.787. The molecule has 0 saturated carbocycles. The molecule has 120 valence electrons. The Bertz CT molecular complexity index is 217. The molecule has 1 aliphatic rings. The summed E-state index contributed by atoms with van der Waals surface area (Å²) < 4.78 is 15.5. The van der Waals surface area contributed by atoms with Gasteiger partial charge in [-0.15, -0.1) is 0 Å². The molecule has 1 saturated heterocycles. The number of nitrogens with zero attached hydrogens (tertiary/aromatic N) is 1. The number of rotatable bonds is 12. The lowest BCUT2D eigenvalue weighted by Crippen LogP contribution is -2.40. The monoisotopic (exact) mass is 288 g/mol. The van der Waals surface area contributed by atoms with Crippen LogP contribution >= 0.6 is 0 Å². The molecule has 1 atom stereocenters. The van der Waals surface area contributed by atoms with Crippen LogP contribution < -0.4 is 5.32 Å². The summed E-state index contributed by atoms with van der Waals surface area (Å²) in [6.07, 6.45) is 3.79. The van der Waals surface area contributed by atoms with Crippen molar-refractivity contribution >= 4 is 0 Å². The number of methoxy groups -OCH3 is 2. The number of hydrogen-bond acceptors (Lipinski definition) is 5. The summed E-state index contributed by atoms with van der Waals surface area (Å²) in [5, 5.41) is 3.48. The average molecular weight is 288 g/mol. The highest BCUT2D eigenvalue weighted by molar-refractivity contribution is 4.74. The second-order valence-electron chi connectivity index (χ2n) is 5.46. The topological polar surface area (TPSA) is 43.0 Å². The van der Waals surface area contributed by atoms with Gasteiger partial charge in [0.05, 0.1) is 19.8 Å². The lowest BCUT2D eigenvalue weighted by atomic mass is 9.98. The Kier molecular flexibility index (Phi) is 11.2. The minimum atomic E-state index is 0.693. The fraction of sp³-hybridized carbons (Fsp3) is 1.00. The third kappa shape index (κ3) is 8.87. The van der Waals surface area contributed by atoms with E-state index >= 15 is 0 Å². The largest absolute Gasteiger partial charge is 0.383 e. The number of piperidine rings is 1. The molecule has 1 heterocycles. The van der Waals surface area contributed by atoms with E-state index < -0.39 is 0 Å².